The van der Waals surface area contributed by atoms with E-state index in [-0.39, 0.29) is 0 Å². The molecule has 0 saturated heterocycles. The Labute approximate surface area is 268 Å². The largest absolute Gasteiger partial charge is 0.459 e. The number of para-hydroxylation sites is 1. The minimum atomic E-state index is 0.659. The highest BCUT2D eigenvalue weighted by Gasteiger charge is 2.24. The van der Waals surface area contributed by atoms with Gasteiger partial charge < -0.3 is 4.42 Å². The molecule has 0 amide bonds. The number of allylic oxidation sites excluding steroid dienone is 1. The fraction of sp³-hybridized carbons (Fsp3) is 0.0606. The highest BCUT2D eigenvalue weighted by Crippen LogP contribution is 2.36. The van der Waals surface area contributed by atoms with Crippen molar-refractivity contribution in [3.8, 4) is 23.6 Å². The fourth-order valence-corrected chi connectivity index (χ4v) is 7.28. The van der Waals surface area contributed by atoms with Crippen molar-refractivity contribution in [3.63, 3.8) is 0 Å². The maximum Gasteiger partial charge on any atom is 0.144 e. The number of nitrogens with zero attached hydrogens (tertiary/aromatic N) is 1. The van der Waals surface area contributed by atoms with Crippen molar-refractivity contribution in [2.75, 3.05) is 0 Å². The van der Waals surface area contributed by atoms with E-state index < -0.39 is 0 Å². The summed E-state index contributed by atoms with van der Waals surface area (Å²) in [6.45, 7) is 2.06. The van der Waals surface area contributed by atoms with E-state index in [1.807, 2.05) is 12.3 Å². The van der Waals surface area contributed by atoms with Crippen LogP contribution in [0, 0.1) is 19.3 Å². The van der Waals surface area contributed by atoms with Crippen LogP contribution in [-0.4, -0.2) is 75.6 Å². The Kier molecular flexibility index (Phi) is 7.61. The van der Waals surface area contributed by atoms with E-state index in [1.54, 1.807) is 6.08 Å². The second-order valence-electron chi connectivity index (χ2n) is 12.6. The Morgan fingerprint density at radius 1 is 0.727 bits per heavy atom. The van der Waals surface area contributed by atoms with Crippen LogP contribution in [0.1, 0.15) is 22.5 Å². The average molecular weight is 556 g/mol. The molecule has 0 radical (unpaired) electrons. The zero-order chi connectivity index (χ0) is 31.6. The van der Waals surface area contributed by atoms with Gasteiger partial charge in [0.1, 0.15) is 82.0 Å². The Morgan fingerprint density at radius 2 is 1.32 bits per heavy atom. The van der Waals surface area contributed by atoms with Gasteiger partial charge in [0.2, 0.25) is 0 Å². The molecule has 0 aliphatic heterocycles. The molecule has 202 valence electrons. The molecule has 0 spiro atoms. The molecule has 0 fully saturated rings. The fourth-order valence-electron chi connectivity index (χ4n) is 7.28. The summed E-state index contributed by atoms with van der Waals surface area (Å²) in [5, 5.41) is 6.56. The summed E-state index contributed by atoms with van der Waals surface area (Å²) in [6, 6.07) is 10.5. The first-order valence-electron chi connectivity index (χ1n) is 15.5. The minimum absolute atomic E-state index is 0.659. The number of terminal acetylenes is 1. The van der Waals surface area contributed by atoms with Gasteiger partial charge in [-0.1, -0.05) is 51.4 Å². The van der Waals surface area contributed by atoms with Crippen molar-refractivity contribution >= 4 is 158 Å². The Bertz CT molecular complexity index is 2260. The van der Waals surface area contributed by atoms with E-state index in [0.717, 1.165) is 39.1 Å². The molecular formula is C33H32B9NO. The van der Waals surface area contributed by atoms with Gasteiger partial charge >= 0.3 is 0 Å². The van der Waals surface area contributed by atoms with Crippen molar-refractivity contribution in [1.82, 2.24) is 4.98 Å². The van der Waals surface area contributed by atoms with Gasteiger partial charge in [-0.3, -0.25) is 4.98 Å². The van der Waals surface area contributed by atoms with E-state index in [9.17, 15) is 0 Å². The third-order valence-corrected chi connectivity index (χ3v) is 10.5. The molecule has 4 aromatic carbocycles. The van der Waals surface area contributed by atoms with Crippen LogP contribution >= 0.6 is 0 Å². The highest BCUT2D eigenvalue weighted by molar-refractivity contribution is 6.72. The second-order valence-corrected chi connectivity index (χ2v) is 12.6. The summed E-state index contributed by atoms with van der Waals surface area (Å²) >= 11 is 0. The Balaban J connectivity index is 1.74. The van der Waals surface area contributed by atoms with E-state index in [4.69, 9.17) is 15.8 Å². The topological polar surface area (TPSA) is 26.0 Å². The standard InChI is InChI=1S/C33H32B9NO/c1-3-4-6-14-15-7-5-8-16(18-10-9-13(2)12-43-18)33(15)44-19(14)11-17-20-21(26(36)30(40)29(39)25(20)35)22-23(24(17)34)28(38)32(42)31(41)27(22)37/h1,4-10,12H,11,34-42H2,2H3/b6-4-. The molecule has 0 saturated carbocycles. The molecule has 0 atom stereocenters. The maximum absolute atomic E-state index is 6.89. The van der Waals surface area contributed by atoms with Gasteiger partial charge in [-0.05, 0) is 63.9 Å². The number of fused-ring (bicyclic) bond motifs is 4. The maximum atomic E-state index is 6.89. The second kappa shape index (κ2) is 11.2. The van der Waals surface area contributed by atoms with Crippen LogP contribution in [0.25, 0.3) is 49.8 Å². The summed E-state index contributed by atoms with van der Waals surface area (Å²) in [5.74, 6) is 3.62. The third kappa shape index (κ3) is 4.45. The van der Waals surface area contributed by atoms with Crippen LogP contribution < -0.4 is 49.2 Å². The molecule has 2 nitrogen and oxygen atoms in total. The molecule has 0 aliphatic carbocycles. The number of hydrogen-bond donors (Lipinski definition) is 0. The van der Waals surface area contributed by atoms with Gasteiger partial charge in [0.05, 0.1) is 5.69 Å². The monoisotopic (exact) mass is 557 g/mol. The summed E-state index contributed by atoms with van der Waals surface area (Å²) in [4.78, 5) is 4.74. The normalized spacial score (nSPS) is 11.6. The van der Waals surface area contributed by atoms with Crippen LogP contribution in [0.2, 0.25) is 0 Å². The lowest BCUT2D eigenvalue weighted by Gasteiger charge is -2.26. The first-order chi connectivity index (χ1) is 21.0. The smallest absolute Gasteiger partial charge is 0.144 e. The number of aryl methyl sites for hydroxylation is 1. The van der Waals surface area contributed by atoms with Gasteiger partial charge in [0.15, 0.2) is 0 Å². The Hall–Kier alpha value is -4.03. The van der Waals surface area contributed by atoms with E-state index in [2.05, 4.69) is 114 Å². The van der Waals surface area contributed by atoms with Crippen molar-refractivity contribution in [2.45, 2.75) is 13.3 Å². The molecule has 0 unspecified atom stereocenters. The van der Waals surface area contributed by atoms with Crippen molar-refractivity contribution in [3.05, 3.63) is 65.1 Å². The molecule has 2 heterocycles. The quantitative estimate of drug-likeness (QED) is 0.123. The lowest BCUT2D eigenvalue weighted by Crippen LogP contribution is -2.52. The molecule has 6 aromatic rings. The van der Waals surface area contributed by atoms with Gasteiger partial charge in [-0.2, -0.15) is 0 Å². The minimum Gasteiger partial charge on any atom is -0.459 e. The van der Waals surface area contributed by atoms with E-state index in [0.29, 0.717) is 6.42 Å². The zero-order valence-electron chi connectivity index (χ0n) is 27.8. The van der Waals surface area contributed by atoms with Crippen molar-refractivity contribution < 1.29 is 4.42 Å². The summed E-state index contributed by atoms with van der Waals surface area (Å²) < 4.78 is 6.89. The lowest BCUT2D eigenvalue weighted by atomic mass is 9.58. The number of rotatable bonds is 4. The molecule has 0 bridgehead atoms. The molecule has 0 N–H and O–H groups in total. The highest BCUT2D eigenvalue weighted by atomic mass is 16.3. The molecule has 6 rings (SSSR count). The summed E-state index contributed by atoms with van der Waals surface area (Å²) in [5.41, 5.74) is 18.5. The first kappa shape index (κ1) is 30.0. The first-order valence-corrected chi connectivity index (χ1v) is 15.5. The van der Waals surface area contributed by atoms with E-state index >= 15 is 0 Å². The van der Waals surface area contributed by atoms with Crippen LogP contribution in [0.15, 0.2) is 47.0 Å². The van der Waals surface area contributed by atoms with Gasteiger partial charge in [0.25, 0.3) is 0 Å². The van der Waals surface area contributed by atoms with Crippen LogP contribution in [0.3, 0.4) is 0 Å². The lowest BCUT2D eigenvalue weighted by molar-refractivity contribution is 0.563. The SMILES string of the molecule is Bc1c(B)c(B)c2c(c1B)c(B)c(Cc1oc3c(-c4ccc(C)cn4)cccc3c1/C=C\C#C)c1c(B)c(B)c(B)c(B)c12. The van der Waals surface area contributed by atoms with E-state index in [1.165, 1.54) is 76.3 Å². The number of hydrogen-bond acceptors (Lipinski definition) is 2. The third-order valence-electron chi connectivity index (χ3n) is 10.5. The predicted molar refractivity (Wildman–Crippen MR) is 220 cm³/mol. The number of benzene rings is 4. The predicted octanol–water partition coefficient (Wildman–Crippen LogP) is -7.33. The molecule has 11 heteroatoms. The summed E-state index contributed by atoms with van der Waals surface area (Å²) in [7, 11) is 20.6. The molecule has 2 aromatic heterocycles. The van der Waals surface area contributed by atoms with Crippen molar-refractivity contribution in [2.24, 2.45) is 0 Å². The van der Waals surface area contributed by atoms with Gasteiger partial charge in [-0.15, -0.1) is 28.3 Å². The zero-order valence-corrected chi connectivity index (χ0v) is 27.8. The molecule has 0 aliphatic rings. The number of furan rings is 1. The number of aromatic nitrogens is 1. The van der Waals surface area contributed by atoms with Gasteiger partial charge in [-0.25, -0.2) is 0 Å². The van der Waals surface area contributed by atoms with Crippen molar-refractivity contribution in [1.29, 1.82) is 0 Å². The number of pyridine rings is 1. The average Bonchev–Trinajstić information content (AvgIpc) is 3.37. The van der Waals surface area contributed by atoms with Gasteiger partial charge in [0, 0.05) is 29.1 Å². The van der Waals surface area contributed by atoms with Crippen LogP contribution in [0.4, 0.5) is 0 Å². The van der Waals surface area contributed by atoms with Crippen LogP contribution in [-0.2, 0) is 6.42 Å². The summed E-state index contributed by atoms with van der Waals surface area (Å²) in [6.07, 6.45) is 12.1. The van der Waals surface area contributed by atoms with Crippen LogP contribution in [0.5, 0.6) is 0 Å². The Morgan fingerprint density at radius 3 is 1.91 bits per heavy atom. The molecular weight excluding hydrogens is 524 g/mol. The molecule has 44 heavy (non-hydrogen) atoms.